The van der Waals surface area contributed by atoms with Crippen LogP contribution >= 0.6 is 0 Å². The predicted octanol–water partition coefficient (Wildman–Crippen LogP) is 2.95. The van der Waals surface area contributed by atoms with Crippen molar-refractivity contribution in [3.05, 3.63) is 0 Å². The van der Waals surface area contributed by atoms with Gasteiger partial charge in [0.1, 0.15) is 5.78 Å². The summed E-state index contributed by atoms with van der Waals surface area (Å²) in [6, 6.07) is 0. The Kier molecular flexibility index (Phi) is 3.36. The standard InChI is InChI=1S/C12H22O2/c1-11(2,14-4)7-8-12(3)6-5-10(13)9-12/h5-9H2,1-4H3. The van der Waals surface area contributed by atoms with Gasteiger partial charge in [-0.2, -0.15) is 0 Å². The fourth-order valence-electron chi connectivity index (χ4n) is 2.01. The van der Waals surface area contributed by atoms with E-state index in [4.69, 9.17) is 4.74 Å². The van der Waals surface area contributed by atoms with Crippen molar-refractivity contribution in [1.29, 1.82) is 0 Å². The zero-order valence-corrected chi connectivity index (χ0v) is 9.85. The van der Waals surface area contributed by atoms with Crippen LogP contribution in [0, 0.1) is 5.41 Å². The normalized spacial score (nSPS) is 28.4. The number of Topliss-reactive ketones (excluding diaryl/α,β-unsaturated/α-hetero) is 1. The first-order valence-electron chi connectivity index (χ1n) is 5.44. The largest absolute Gasteiger partial charge is 0.379 e. The molecule has 0 aromatic carbocycles. The summed E-state index contributed by atoms with van der Waals surface area (Å²) in [5.74, 6) is 0.433. The first kappa shape index (κ1) is 11.7. The van der Waals surface area contributed by atoms with Gasteiger partial charge in [-0.3, -0.25) is 4.79 Å². The molecule has 1 saturated carbocycles. The molecule has 0 amide bonds. The van der Waals surface area contributed by atoms with Crippen molar-refractivity contribution in [2.24, 2.45) is 5.41 Å². The molecule has 14 heavy (non-hydrogen) atoms. The summed E-state index contributed by atoms with van der Waals surface area (Å²) in [5.41, 5.74) is 0.196. The van der Waals surface area contributed by atoms with Crippen LogP contribution in [0.2, 0.25) is 0 Å². The van der Waals surface area contributed by atoms with Gasteiger partial charge in [0.15, 0.2) is 0 Å². The van der Waals surface area contributed by atoms with Crippen molar-refractivity contribution in [2.75, 3.05) is 7.11 Å². The van der Waals surface area contributed by atoms with E-state index in [-0.39, 0.29) is 11.0 Å². The van der Waals surface area contributed by atoms with Gasteiger partial charge in [-0.05, 0) is 38.5 Å². The van der Waals surface area contributed by atoms with E-state index < -0.39 is 0 Å². The summed E-state index contributed by atoms with van der Waals surface area (Å²) in [7, 11) is 1.75. The molecule has 0 aromatic rings. The highest BCUT2D eigenvalue weighted by molar-refractivity contribution is 5.81. The lowest BCUT2D eigenvalue weighted by Crippen LogP contribution is -2.25. The molecule has 0 spiro atoms. The molecule has 1 fully saturated rings. The van der Waals surface area contributed by atoms with E-state index in [0.29, 0.717) is 5.78 Å². The van der Waals surface area contributed by atoms with Crippen molar-refractivity contribution in [1.82, 2.24) is 0 Å². The maximum absolute atomic E-state index is 11.2. The molecule has 0 saturated heterocycles. The number of methoxy groups -OCH3 is 1. The highest BCUT2D eigenvalue weighted by Crippen LogP contribution is 2.41. The number of ether oxygens (including phenoxy) is 1. The predicted molar refractivity (Wildman–Crippen MR) is 57.3 cm³/mol. The fraction of sp³-hybridized carbons (Fsp3) is 0.917. The van der Waals surface area contributed by atoms with E-state index >= 15 is 0 Å². The summed E-state index contributed by atoms with van der Waals surface area (Å²) >= 11 is 0. The van der Waals surface area contributed by atoms with Gasteiger partial charge in [0.25, 0.3) is 0 Å². The number of hydrogen-bond acceptors (Lipinski definition) is 2. The summed E-state index contributed by atoms with van der Waals surface area (Å²) in [5, 5.41) is 0. The van der Waals surface area contributed by atoms with Gasteiger partial charge >= 0.3 is 0 Å². The van der Waals surface area contributed by atoms with Crippen LogP contribution in [-0.4, -0.2) is 18.5 Å². The van der Waals surface area contributed by atoms with Crippen LogP contribution in [0.25, 0.3) is 0 Å². The van der Waals surface area contributed by atoms with Crippen molar-refractivity contribution in [3.8, 4) is 0 Å². The van der Waals surface area contributed by atoms with Crippen LogP contribution in [0.3, 0.4) is 0 Å². The molecule has 0 aliphatic heterocycles. The first-order valence-corrected chi connectivity index (χ1v) is 5.44. The molecule has 1 aliphatic carbocycles. The third kappa shape index (κ3) is 3.09. The Labute approximate surface area is 87.0 Å². The highest BCUT2D eigenvalue weighted by Gasteiger charge is 2.35. The molecule has 2 nitrogen and oxygen atoms in total. The minimum absolute atomic E-state index is 0.0470. The second-order valence-corrected chi connectivity index (χ2v) is 5.49. The van der Waals surface area contributed by atoms with Crippen LogP contribution in [0.4, 0.5) is 0 Å². The summed E-state index contributed by atoms with van der Waals surface area (Å²) in [6.07, 6.45) is 4.75. The van der Waals surface area contributed by atoms with Crippen LogP contribution in [0.15, 0.2) is 0 Å². The average molecular weight is 198 g/mol. The third-order valence-electron chi connectivity index (χ3n) is 3.51. The van der Waals surface area contributed by atoms with Gasteiger partial charge in [0, 0.05) is 20.0 Å². The molecular weight excluding hydrogens is 176 g/mol. The Hall–Kier alpha value is -0.370. The zero-order valence-electron chi connectivity index (χ0n) is 9.85. The molecule has 0 heterocycles. The van der Waals surface area contributed by atoms with E-state index in [2.05, 4.69) is 20.8 Å². The molecule has 0 radical (unpaired) electrons. The second-order valence-electron chi connectivity index (χ2n) is 5.49. The van der Waals surface area contributed by atoms with Crippen LogP contribution in [-0.2, 0) is 9.53 Å². The van der Waals surface area contributed by atoms with E-state index in [1.54, 1.807) is 7.11 Å². The van der Waals surface area contributed by atoms with Crippen molar-refractivity contribution in [2.45, 2.75) is 58.5 Å². The minimum atomic E-state index is -0.0470. The lowest BCUT2D eigenvalue weighted by atomic mass is 9.81. The number of rotatable bonds is 4. The molecular formula is C12H22O2. The Balaban J connectivity index is 2.41. The third-order valence-corrected chi connectivity index (χ3v) is 3.51. The molecule has 1 atom stereocenters. The molecule has 2 heteroatoms. The number of ketones is 1. The van der Waals surface area contributed by atoms with Crippen LogP contribution < -0.4 is 0 Å². The summed E-state index contributed by atoms with van der Waals surface area (Å²) in [6.45, 7) is 6.43. The highest BCUT2D eigenvalue weighted by atomic mass is 16.5. The topological polar surface area (TPSA) is 26.3 Å². The zero-order chi connectivity index (χ0) is 10.8. The Morgan fingerprint density at radius 2 is 2.14 bits per heavy atom. The summed E-state index contributed by atoms with van der Waals surface area (Å²) < 4.78 is 5.38. The number of carbonyl (C=O) groups is 1. The van der Waals surface area contributed by atoms with E-state index in [0.717, 1.165) is 32.1 Å². The lowest BCUT2D eigenvalue weighted by molar-refractivity contribution is -0.118. The molecule has 0 N–H and O–H groups in total. The molecule has 1 aliphatic rings. The van der Waals surface area contributed by atoms with E-state index in [1.165, 1.54) is 0 Å². The molecule has 82 valence electrons. The van der Waals surface area contributed by atoms with Crippen molar-refractivity contribution >= 4 is 5.78 Å². The van der Waals surface area contributed by atoms with E-state index in [9.17, 15) is 4.79 Å². The van der Waals surface area contributed by atoms with Crippen molar-refractivity contribution < 1.29 is 9.53 Å². The fourth-order valence-corrected chi connectivity index (χ4v) is 2.01. The molecule has 1 rings (SSSR count). The Bertz CT molecular complexity index is 220. The van der Waals surface area contributed by atoms with Gasteiger partial charge in [0.05, 0.1) is 5.60 Å². The van der Waals surface area contributed by atoms with Gasteiger partial charge in [-0.1, -0.05) is 6.92 Å². The number of carbonyl (C=O) groups excluding carboxylic acids is 1. The van der Waals surface area contributed by atoms with Gasteiger partial charge in [-0.25, -0.2) is 0 Å². The summed E-state index contributed by atoms with van der Waals surface area (Å²) in [4.78, 5) is 11.2. The SMILES string of the molecule is COC(C)(C)CCC1(C)CCC(=O)C1. The maximum Gasteiger partial charge on any atom is 0.133 e. The Morgan fingerprint density at radius 3 is 2.57 bits per heavy atom. The van der Waals surface area contributed by atoms with Gasteiger partial charge in [-0.15, -0.1) is 0 Å². The maximum atomic E-state index is 11.2. The molecule has 0 bridgehead atoms. The van der Waals surface area contributed by atoms with Gasteiger partial charge in [0.2, 0.25) is 0 Å². The van der Waals surface area contributed by atoms with Gasteiger partial charge < -0.3 is 4.74 Å². The number of hydrogen-bond donors (Lipinski definition) is 0. The molecule has 0 aromatic heterocycles. The smallest absolute Gasteiger partial charge is 0.133 e. The van der Waals surface area contributed by atoms with Crippen LogP contribution in [0.5, 0.6) is 0 Å². The van der Waals surface area contributed by atoms with Crippen molar-refractivity contribution in [3.63, 3.8) is 0 Å². The lowest BCUT2D eigenvalue weighted by Gasteiger charge is -2.29. The second kappa shape index (κ2) is 4.01. The monoisotopic (exact) mass is 198 g/mol. The average Bonchev–Trinajstić information content (AvgIpc) is 2.45. The quantitative estimate of drug-likeness (QED) is 0.694. The van der Waals surface area contributed by atoms with E-state index in [1.807, 2.05) is 0 Å². The Morgan fingerprint density at radius 1 is 1.50 bits per heavy atom. The minimum Gasteiger partial charge on any atom is -0.379 e. The molecule has 1 unspecified atom stereocenters. The van der Waals surface area contributed by atoms with Crippen LogP contribution in [0.1, 0.15) is 52.9 Å². The first-order chi connectivity index (χ1) is 6.37.